The second-order valence-corrected chi connectivity index (χ2v) is 6.92. The minimum Gasteiger partial charge on any atom is -0.361 e. The van der Waals surface area contributed by atoms with Crippen LogP contribution < -0.4 is 11.2 Å². The highest BCUT2D eigenvalue weighted by Crippen LogP contribution is 2.37. The van der Waals surface area contributed by atoms with E-state index in [4.69, 9.17) is 4.74 Å². The summed E-state index contributed by atoms with van der Waals surface area (Å²) in [6.45, 7) is 4.77. The molecule has 5 nitrogen and oxygen atoms in total. The highest BCUT2D eigenvalue weighted by molar-refractivity contribution is 5.37. The van der Waals surface area contributed by atoms with Gasteiger partial charge in [-0.3, -0.25) is 14.3 Å². The summed E-state index contributed by atoms with van der Waals surface area (Å²) in [6.07, 6.45) is -10.5. The molecule has 0 radical (unpaired) electrons. The molecule has 166 valence electrons. The first-order chi connectivity index (χ1) is 13.8. The third-order valence-electron chi connectivity index (χ3n) is 4.37. The summed E-state index contributed by atoms with van der Waals surface area (Å²) in [5.74, 6) is -0.454. The Labute approximate surface area is 167 Å². The Kier molecular flexibility index (Phi) is 6.85. The third-order valence-corrected chi connectivity index (χ3v) is 4.37. The van der Waals surface area contributed by atoms with Crippen LogP contribution in [0.4, 0.5) is 26.3 Å². The van der Waals surface area contributed by atoms with Gasteiger partial charge in [0.25, 0.3) is 5.56 Å². The average molecular weight is 438 g/mol. The van der Waals surface area contributed by atoms with E-state index in [0.717, 1.165) is 4.57 Å². The molecule has 2 rings (SSSR count). The number of H-pyrrole nitrogens is 1. The number of alkyl halides is 6. The first kappa shape index (κ1) is 23.7. The number of hydrogen-bond acceptors (Lipinski definition) is 3. The Morgan fingerprint density at radius 2 is 1.53 bits per heavy atom. The number of benzene rings is 1. The molecule has 11 heteroatoms. The molecule has 1 aromatic carbocycles. The Balaban J connectivity index is 2.75. The van der Waals surface area contributed by atoms with Gasteiger partial charge in [0, 0.05) is 24.3 Å². The number of halogens is 6. The summed E-state index contributed by atoms with van der Waals surface area (Å²) >= 11 is 0. The molecule has 0 unspecified atom stereocenters. The van der Waals surface area contributed by atoms with Crippen LogP contribution in [0.25, 0.3) is 0 Å². The summed E-state index contributed by atoms with van der Waals surface area (Å²) in [5.41, 5.74) is -4.81. The third kappa shape index (κ3) is 5.32. The van der Waals surface area contributed by atoms with Crippen molar-refractivity contribution in [1.82, 2.24) is 9.55 Å². The zero-order valence-corrected chi connectivity index (χ0v) is 16.4. The maximum absolute atomic E-state index is 13.2. The van der Waals surface area contributed by atoms with Crippen molar-refractivity contribution in [2.24, 2.45) is 0 Å². The SMILES string of the molecule is CCOCn1c(Cc2cc(C(F)(F)F)cc(C(F)(F)F)c2)c(C(C)C)c(=O)[nH]c1=O. The number of aromatic amines is 1. The molecule has 0 aliphatic carbocycles. The van der Waals surface area contributed by atoms with Gasteiger partial charge in [0.2, 0.25) is 0 Å². The van der Waals surface area contributed by atoms with Crippen molar-refractivity contribution in [1.29, 1.82) is 0 Å². The Morgan fingerprint density at radius 1 is 1.00 bits per heavy atom. The Hall–Kier alpha value is -2.56. The monoisotopic (exact) mass is 438 g/mol. The predicted octanol–water partition coefficient (Wildman–Crippen LogP) is 4.28. The van der Waals surface area contributed by atoms with Crippen LogP contribution in [0.1, 0.15) is 54.6 Å². The number of aromatic nitrogens is 2. The second-order valence-electron chi connectivity index (χ2n) is 6.92. The zero-order valence-electron chi connectivity index (χ0n) is 16.4. The van der Waals surface area contributed by atoms with Crippen molar-refractivity contribution < 1.29 is 31.1 Å². The van der Waals surface area contributed by atoms with Crippen LogP contribution >= 0.6 is 0 Å². The predicted molar refractivity (Wildman–Crippen MR) is 96.3 cm³/mol. The molecule has 0 atom stereocenters. The molecule has 1 N–H and O–H groups in total. The van der Waals surface area contributed by atoms with Crippen LogP contribution in [0.2, 0.25) is 0 Å². The lowest BCUT2D eigenvalue weighted by atomic mass is 9.96. The van der Waals surface area contributed by atoms with Crippen molar-refractivity contribution >= 4 is 0 Å². The topological polar surface area (TPSA) is 64.1 Å². The first-order valence-corrected chi connectivity index (χ1v) is 8.97. The minimum atomic E-state index is -5.00. The van der Waals surface area contributed by atoms with Gasteiger partial charge in [-0.25, -0.2) is 4.79 Å². The Bertz CT molecular complexity index is 987. The lowest BCUT2D eigenvalue weighted by molar-refractivity contribution is -0.143. The van der Waals surface area contributed by atoms with E-state index in [2.05, 4.69) is 4.98 Å². The van der Waals surface area contributed by atoms with Crippen LogP contribution in [0.3, 0.4) is 0 Å². The van der Waals surface area contributed by atoms with Crippen LogP contribution in [-0.2, 0) is 30.2 Å². The van der Waals surface area contributed by atoms with Gasteiger partial charge in [-0.1, -0.05) is 13.8 Å². The van der Waals surface area contributed by atoms with Crippen molar-refractivity contribution in [2.75, 3.05) is 6.61 Å². The molecule has 0 aliphatic rings. The van der Waals surface area contributed by atoms with Crippen molar-refractivity contribution in [3.63, 3.8) is 0 Å². The van der Waals surface area contributed by atoms with E-state index in [1.807, 2.05) is 0 Å². The van der Waals surface area contributed by atoms with Gasteiger partial charge in [-0.05, 0) is 36.6 Å². The van der Waals surface area contributed by atoms with E-state index >= 15 is 0 Å². The molecule has 0 bridgehead atoms. The molecular weight excluding hydrogens is 418 g/mol. The van der Waals surface area contributed by atoms with Crippen LogP contribution in [0, 0.1) is 0 Å². The number of rotatable bonds is 6. The van der Waals surface area contributed by atoms with Crippen molar-refractivity contribution in [3.05, 3.63) is 67.0 Å². The molecule has 1 aromatic heterocycles. The fourth-order valence-electron chi connectivity index (χ4n) is 3.05. The van der Waals surface area contributed by atoms with Gasteiger partial charge >= 0.3 is 18.0 Å². The highest BCUT2D eigenvalue weighted by Gasteiger charge is 2.37. The van der Waals surface area contributed by atoms with Gasteiger partial charge in [0.1, 0.15) is 6.73 Å². The largest absolute Gasteiger partial charge is 0.416 e. The minimum absolute atomic E-state index is 0.000325. The van der Waals surface area contributed by atoms with Gasteiger partial charge in [-0.2, -0.15) is 26.3 Å². The molecule has 0 fully saturated rings. The molecular formula is C19H20F6N2O3. The standard InChI is InChI=1S/C19H20F6N2O3/c1-4-30-9-27-14(15(10(2)3)16(28)26-17(27)29)7-11-5-12(18(20,21)22)8-13(6-11)19(23,24)25/h5-6,8,10H,4,7,9H2,1-3H3,(H,26,28,29). The van der Waals surface area contributed by atoms with Crippen LogP contribution in [0.15, 0.2) is 27.8 Å². The second kappa shape index (κ2) is 8.66. The average Bonchev–Trinajstić information content (AvgIpc) is 2.59. The van der Waals surface area contributed by atoms with Crippen LogP contribution in [0.5, 0.6) is 0 Å². The molecule has 0 amide bonds. The summed E-state index contributed by atoms with van der Waals surface area (Å²) in [5, 5.41) is 0. The molecule has 0 saturated carbocycles. The summed E-state index contributed by atoms with van der Waals surface area (Å²) in [4.78, 5) is 26.7. The lowest BCUT2D eigenvalue weighted by Crippen LogP contribution is -2.36. The molecule has 0 spiro atoms. The first-order valence-electron chi connectivity index (χ1n) is 8.97. The maximum Gasteiger partial charge on any atom is 0.416 e. The molecule has 2 aromatic rings. The van der Waals surface area contributed by atoms with E-state index in [0.29, 0.717) is 12.1 Å². The van der Waals surface area contributed by atoms with E-state index < -0.39 is 47.1 Å². The van der Waals surface area contributed by atoms with E-state index in [1.54, 1.807) is 20.8 Å². The molecule has 1 heterocycles. The number of nitrogens with zero attached hydrogens (tertiary/aromatic N) is 1. The lowest BCUT2D eigenvalue weighted by Gasteiger charge is -2.19. The normalized spacial score (nSPS) is 12.6. The van der Waals surface area contributed by atoms with E-state index in [-0.39, 0.29) is 36.2 Å². The zero-order chi connectivity index (χ0) is 22.9. The number of nitrogens with one attached hydrogen (secondary N) is 1. The maximum atomic E-state index is 13.2. The van der Waals surface area contributed by atoms with E-state index in [9.17, 15) is 35.9 Å². The van der Waals surface area contributed by atoms with Gasteiger partial charge < -0.3 is 4.74 Å². The number of hydrogen-bond donors (Lipinski definition) is 1. The van der Waals surface area contributed by atoms with Crippen molar-refractivity contribution in [2.45, 2.75) is 52.2 Å². The summed E-state index contributed by atoms with van der Waals surface area (Å²) < 4.78 is 85.2. The quantitative estimate of drug-likeness (QED) is 0.685. The molecule has 30 heavy (non-hydrogen) atoms. The van der Waals surface area contributed by atoms with Gasteiger partial charge in [-0.15, -0.1) is 0 Å². The van der Waals surface area contributed by atoms with Crippen molar-refractivity contribution in [3.8, 4) is 0 Å². The fourth-order valence-corrected chi connectivity index (χ4v) is 3.05. The fraction of sp³-hybridized carbons (Fsp3) is 0.474. The molecule has 0 aliphatic heterocycles. The summed E-state index contributed by atoms with van der Waals surface area (Å²) in [7, 11) is 0. The van der Waals surface area contributed by atoms with Gasteiger partial charge in [0.05, 0.1) is 11.1 Å². The van der Waals surface area contributed by atoms with Crippen LogP contribution in [-0.4, -0.2) is 16.2 Å². The smallest absolute Gasteiger partial charge is 0.361 e. The molecule has 0 saturated heterocycles. The highest BCUT2D eigenvalue weighted by atomic mass is 19.4. The summed E-state index contributed by atoms with van der Waals surface area (Å²) in [6, 6.07) is 1.18. The van der Waals surface area contributed by atoms with Gasteiger partial charge in [0.15, 0.2) is 0 Å². The van der Waals surface area contributed by atoms with E-state index in [1.165, 1.54) is 0 Å². The Morgan fingerprint density at radius 3 is 1.97 bits per heavy atom. The number of ether oxygens (including phenoxy) is 1.